The largest absolute Gasteiger partial charge is 0.508 e. The average molecular weight is 219 g/mol. The summed E-state index contributed by atoms with van der Waals surface area (Å²) in [5, 5.41) is 27.0. The van der Waals surface area contributed by atoms with E-state index in [1.165, 1.54) is 10.9 Å². The highest BCUT2D eigenvalue weighted by Crippen LogP contribution is 2.22. The molecule has 84 valence electrons. The van der Waals surface area contributed by atoms with Gasteiger partial charge in [0.15, 0.2) is 0 Å². The highest BCUT2D eigenvalue weighted by molar-refractivity contribution is 5.39. The number of hydrogen-bond acceptors (Lipinski definition) is 4. The Bertz CT molecular complexity index is 500. The van der Waals surface area contributed by atoms with Crippen molar-refractivity contribution in [1.82, 2.24) is 15.0 Å². The fraction of sp³-hybridized carbons (Fsp3) is 0.273. The van der Waals surface area contributed by atoms with Gasteiger partial charge in [-0.15, -0.1) is 5.10 Å². The summed E-state index contributed by atoms with van der Waals surface area (Å²) in [5.41, 5.74) is 0.197. The van der Waals surface area contributed by atoms with E-state index in [0.29, 0.717) is 11.4 Å². The van der Waals surface area contributed by atoms with Crippen LogP contribution in [-0.4, -0.2) is 25.2 Å². The predicted octanol–water partition coefficient (Wildman–Crippen LogP) is 1.20. The van der Waals surface area contributed by atoms with Crippen LogP contribution in [-0.2, 0) is 5.60 Å². The van der Waals surface area contributed by atoms with Gasteiger partial charge < -0.3 is 10.2 Å². The van der Waals surface area contributed by atoms with E-state index in [1.54, 1.807) is 38.1 Å². The number of aromatic hydroxyl groups is 1. The molecule has 0 radical (unpaired) electrons. The second-order valence-corrected chi connectivity index (χ2v) is 4.11. The summed E-state index contributed by atoms with van der Waals surface area (Å²) in [6.45, 7) is 3.32. The molecule has 1 aromatic carbocycles. The van der Waals surface area contributed by atoms with Crippen LogP contribution < -0.4 is 0 Å². The van der Waals surface area contributed by atoms with Gasteiger partial charge in [-0.1, -0.05) is 11.3 Å². The molecule has 1 aromatic heterocycles. The van der Waals surface area contributed by atoms with Crippen molar-refractivity contribution in [3.05, 3.63) is 36.2 Å². The third-order valence-electron chi connectivity index (χ3n) is 2.25. The molecule has 16 heavy (non-hydrogen) atoms. The van der Waals surface area contributed by atoms with E-state index in [-0.39, 0.29) is 5.75 Å². The van der Waals surface area contributed by atoms with Gasteiger partial charge in [-0.3, -0.25) is 0 Å². The zero-order chi connectivity index (χ0) is 11.8. The Morgan fingerprint density at radius 1 is 1.31 bits per heavy atom. The summed E-state index contributed by atoms with van der Waals surface area (Å²) < 4.78 is 1.50. The molecule has 5 nitrogen and oxygen atoms in total. The van der Waals surface area contributed by atoms with Gasteiger partial charge in [0.1, 0.15) is 11.4 Å². The first-order chi connectivity index (χ1) is 7.48. The van der Waals surface area contributed by atoms with E-state index in [0.717, 1.165) is 0 Å². The minimum Gasteiger partial charge on any atom is -0.508 e. The topological polar surface area (TPSA) is 71.2 Å². The SMILES string of the molecule is CC(C)(O)c1cnnn1-c1cccc(O)c1. The van der Waals surface area contributed by atoms with Gasteiger partial charge in [0.2, 0.25) is 0 Å². The van der Waals surface area contributed by atoms with Gasteiger partial charge in [-0.2, -0.15) is 0 Å². The van der Waals surface area contributed by atoms with Crippen molar-refractivity contribution in [1.29, 1.82) is 0 Å². The zero-order valence-corrected chi connectivity index (χ0v) is 9.12. The van der Waals surface area contributed by atoms with Gasteiger partial charge in [-0.25, -0.2) is 4.68 Å². The number of rotatable bonds is 2. The molecular formula is C11H13N3O2. The van der Waals surface area contributed by atoms with Crippen LogP contribution >= 0.6 is 0 Å². The Morgan fingerprint density at radius 3 is 2.69 bits per heavy atom. The summed E-state index contributed by atoms with van der Waals surface area (Å²) in [6, 6.07) is 6.62. The Kier molecular flexibility index (Phi) is 2.40. The maximum atomic E-state index is 9.93. The molecule has 0 fully saturated rings. The third kappa shape index (κ3) is 1.90. The fourth-order valence-electron chi connectivity index (χ4n) is 1.47. The van der Waals surface area contributed by atoms with E-state index in [1.807, 2.05) is 0 Å². The van der Waals surface area contributed by atoms with Gasteiger partial charge >= 0.3 is 0 Å². The number of aliphatic hydroxyl groups is 1. The van der Waals surface area contributed by atoms with Crippen molar-refractivity contribution in [2.75, 3.05) is 0 Å². The molecule has 0 saturated carbocycles. The molecule has 1 heterocycles. The lowest BCUT2D eigenvalue weighted by molar-refractivity contribution is 0.0711. The highest BCUT2D eigenvalue weighted by atomic mass is 16.3. The first-order valence-electron chi connectivity index (χ1n) is 4.91. The molecule has 0 spiro atoms. The lowest BCUT2D eigenvalue weighted by Gasteiger charge is -2.17. The number of benzene rings is 1. The van der Waals surface area contributed by atoms with Crippen LogP contribution in [0.25, 0.3) is 5.69 Å². The summed E-state index contributed by atoms with van der Waals surface area (Å²) in [4.78, 5) is 0. The fourth-order valence-corrected chi connectivity index (χ4v) is 1.47. The molecule has 0 unspecified atom stereocenters. The summed E-state index contributed by atoms with van der Waals surface area (Å²) in [6.07, 6.45) is 1.50. The molecule has 5 heteroatoms. The molecule has 0 aliphatic rings. The van der Waals surface area contributed by atoms with Crippen LogP contribution in [0.2, 0.25) is 0 Å². The quantitative estimate of drug-likeness (QED) is 0.796. The Hall–Kier alpha value is -1.88. The van der Waals surface area contributed by atoms with Crippen LogP contribution in [0.1, 0.15) is 19.5 Å². The maximum absolute atomic E-state index is 9.93. The average Bonchev–Trinajstić information content (AvgIpc) is 2.65. The van der Waals surface area contributed by atoms with Crippen molar-refractivity contribution in [2.45, 2.75) is 19.4 Å². The molecule has 0 bridgehead atoms. The van der Waals surface area contributed by atoms with Crippen molar-refractivity contribution < 1.29 is 10.2 Å². The first-order valence-corrected chi connectivity index (χ1v) is 4.91. The maximum Gasteiger partial charge on any atom is 0.117 e. The minimum atomic E-state index is -1.03. The third-order valence-corrected chi connectivity index (χ3v) is 2.25. The first kappa shape index (κ1) is 10.6. The molecule has 2 aromatic rings. The summed E-state index contributed by atoms with van der Waals surface area (Å²) >= 11 is 0. The molecular weight excluding hydrogens is 206 g/mol. The number of phenols is 1. The van der Waals surface area contributed by atoms with Gasteiger partial charge in [0.05, 0.1) is 17.6 Å². The minimum absolute atomic E-state index is 0.148. The second-order valence-electron chi connectivity index (χ2n) is 4.11. The standard InChI is InChI=1S/C11H13N3O2/c1-11(2,16)10-7-12-13-14(10)8-4-3-5-9(15)6-8/h3-7,15-16H,1-2H3. The van der Waals surface area contributed by atoms with Crippen LogP contribution in [0.15, 0.2) is 30.5 Å². The van der Waals surface area contributed by atoms with Crippen LogP contribution in [0, 0.1) is 0 Å². The van der Waals surface area contributed by atoms with E-state index < -0.39 is 5.60 Å². The lowest BCUT2D eigenvalue weighted by atomic mass is 10.1. The Balaban J connectivity index is 2.53. The number of nitrogens with zero attached hydrogens (tertiary/aromatic N) is 3. The predicted molar refractivity (Wildman–Crippen MR) is 58.3 cm³/mol. The van der Waals surface area contributed by atoms with E-state index in [4.69, 9.17) is 0 Å². The van der Waals surface area contributed by atoms with Crippen LogP contribution in [0.5, 0.6) is 5.75 Å². The summed E-state index contributed by atoms with van der Waals surface area (Å²) in [5.74, 6) is 0.148. The smallest absolute Gasteiger partial charge is 0.117 e. The molecule has 0 aliphatic heterocycles. The molecule has 2 rings (SSSR count). The second kappa shape index (κ2) is 3.61. The number of aromatic nitrogens is 3. The molecule has 0 aliphatic carbocycles. The lowest BCUT2D eigenvalue weighted by Crippen LogP contribution is -2.20. The van der Waals surface area contributed by atoms with Crippen molar-refractivity contribution in [2.24, 2.45) is 0 Å². The monoisotopic (exact) mass is 219 g/mol. The van der Waals surface area contributed by atoms with Crippen LogP contribution in [0.3, 0.4) is 0 Å². The van der Waals surface area contributed by atoms with Crippen molar-refractivity contribution in [3.63, 3.8) is 0 Å². The number of phenolic OH excluding ortho intramolecular Hbond substituents is 1. The van der Waals surface area contributed by atoms with E-state index in [9.17, 15) is 10.2 Å². The summed E-state index contributed by atoms with van der Waals surface area (Å²) in [7, 11) is 0. The zero-order valence-electron chi connectivity index (χ0n) is 9.12. The Morgan fingerprint density at radius 2 is 2.06 bits per heavy atom. The van der Waals surface area contributed by atoms with Crippen LogP contribution in [0.4, 0.5) is 0 Å². The number of hydrogen-bond donors (Lipinski definition) is 2. The normalized spacial score (nSPS) is 11.7. The van der Waals surface area contributed by atoms with Crippen molar-refractivity contribution in [3.8, 4) is 11.4 Å². The molecule has 0 amide bonds. The Labute approximate surface area is 93.0 Å². The van der Waals surface area contributed by atoms with Gasteiger partial charge in [-0.05, 0) is 26.0 Å². The molecule has 0 saturated heterocycles. The van der Waals surface area contributed by atoms with Crippen molar-refractivity contribution >= 4 is 0 Å². The van der Waals surface area contributed by atoms with E-state index in [2.05, 4.69) is 10.3 Å². The molecule has 2 N–H and O–H groups in total. The van der Waals surface area contributed by atoms with Gasteiger partial charge in [0, 0.05) is 6.07 Å². The molecule has 0 atom stereocenters. The van der Waals surface area contributed by atoms with E-state index >= 15 is 0 Å². The van der Waals surface area contributed by atoms with Gasteiger partial charge in [0.25, 0.3) is 0 Å². The highest BCUT2D eigenvalue weighted by Gasteiger charge is 2.22.